The number of ether oxygens (including phenoxy) is 1. The summed E-state index contributed by atoms with van der Waals surface area (Å²) in [4.78, 5) is 19.0. The fraction of sp³-hybridized carbons (Fsp3) is 0.615. The summed E-state index contributed by atoms with van der Waals surface area (Å²) in [5.74, 6) is 0.215. The smallest absolute Gasteiger partial charge is 0.408 e. The molecule has 7 atom stereocenters. The van der Waals surface area contributed by atoms with Crippen molar-refractivity contribution in [2.24, 2.45) is 5.92 Å². The second kappa shape index (κ2) is 8.68. The van der Waals surface area contributed by atoms with E-state index in [1.807, 2.05) is 25.7 Å². The summed E-state index contributed by atoms with van der Waals surface area (Å²) in [7, 11) is 0. The summed E-state index contributed by atoms with van der Waals surface area (Å²) >= 11 is 0. The van der Waals surface area contributed by atoms with Crippen LogP contribution in [0.1, 0.15) is 40.0 Å². The number of carbonyl (C=O) groups excluding carboxylic acids is 1. The minimum Gasteiger partial charge on any atom is -0.444 e. The molecule has 1 aliphatic carbocycles. The summed E-state index contributed by atoms with van der Waals surface area (Å²) in [6, 6.07) is 8.18. The molecule has 5 unspecified atom stereocenters. The molecule has 5 rings (SSSR count). The van der Waals surface area contributed by atoms with Crippen LogP contribution in [-0.4, -0.2) is 76.1 Å². The minimum atomic E-state index is -0.735. The second-order valence-corrected chi connectivity index (χ2v) is 11.2. The Kier molecular flexibility index (Phi) is 5.93. The zero-order valence-corrected chi connectivity index (χ0v) is 20.5. The van der Waals surface area contributed by atoms with Gasteiger partial charge in [0.05, 0.1) is 18.2 Å². The summed E-state index contributed by atoms with van der Waals surface area (Å²) in [6.07, 6.45) is 1.40. The molecule has 8 nitrogen and oxygen atoms in total. The molecule has 4 aliphatic rings. The van der Waals surface area contributed by atoms with Crippen LogP contribution in [0.4, 0.5) is 14.9 Å². The van der Waals surface area contributed by atoms with Crippen molar-refractivity contribution >= 4 is 11.8 Å². The van der Waals surface area contributed by atoms with Gasteiger partial charge in [-0.3, -0.25) is 4.90 Å². The van der Waals surface area contributed by atoms with Gasteiger partial charge >= 0.3 is 6.09 Å². The number of halogens is 1. The Balaban J connectivity index is 1.31. The first-order valence-corrected chi connectivity index (χ1v) is 12.4. The van der Waals surface area contributed by atoms with Crippen LogP contribution in [0.15, 0.2) is 36.5 Å². The SMILES string of the molecule is C=C(C(CN1C[C@@H]2CC1C(O)N2c1ccc(F)cc1)NC(=O)OC(C)(C)C)N1C(C#N)C[C@@H]2CC21. The number of hydrogen-bond donors (Lipinski definition) is 2. The lowest BCUT2D eigenvalue weighted by Crippen LogP contribution is -2.58. The van der Waals surface area contributed by atoms with Crippen molar-refractivity contribution < 1.29 is 19.0 Å². The molecule has 2 bridgehead atoms. The molecule has 3 aliphatic heterocycles. The Bertz CT molecular complexity index is 1030. The summed E-state index contributed by atoms with van der Waals surface area (Å²) in [5.41, 5.74) is 0.881. The number of likely N-dealkylation sites (tertiary alicyclic amines) is 2. The molecule has 1 amide bonds. The molecular weight excluding hydrogens is 449 g/mol. The Morgan fingerprint density at radius 2 is 2.00 bits per heavy atom. The number of anilines is 1. The van der Waals surface area contributed by atoms with Crippen molar-refractivity contribution in [3.63, 3.8) is 0 Å². The lowest BCUT2D eigenvalue weighted by atomic mass is 10.1. The molecule has 1 aromatic rings. The number of alkyl carbamates (subject to hydrolysis) is 1. The average Bonchev–Trinajstić information content (AvgIpc) is 3.11. The quantitative estimate of drug-likeness (QED) is 0.643. The molecule has 1 saturated carbocycles. The van der Waals surface area contributed by atoms with Crippen molar-refractivity contribution in [1.29, 1.82) is 5.26 Å². The molecular formula is C26H34FN5O3. The van der Waals surface area contributed by atoms with Crippen molar-refractivity contribution in [1.82, 2.24) is 15.1 Å². The van der Waals surface area contributed by atoms with Gasteiger partial charge in [-0.05, 0) is 70.2 Å². The number of carbonyl (C=O) groups is 1. The van der Waals surface area contributed by atoms with Crippen LogP contribution < -0.4 is 10.2 Å². The van der Waals surface area contributed by atoms with Gasteiger partial charge < -0.3 is 25.0 Å². The number of hydrogen-bond acceptors (Lipinski definition) is 7. The number of nitrogens with one attached hydrogen (secondary N) is 1. The fourth-order valence-electron chi connectivity index (χ4n) is 6.09. The van der Waals surface area contributed by atoms with Gasteiger partial charge in [0.2, 0.25) is 0 Å². The first-order chi connectivity index (χ1) is 16.6. The zero-order valence-electron chi connectivity index (χ0n) is 20.5. The molecule has 188 valence electrons. The van der Waals surface area contributed by atoms with Crippen LogP contribution in [0.3, 0.4) is 0 Å². The largest absolute Gasteiger partial charge is 0.444 e. The number of fused-ring (bicyclic) bond motifs is 3. The standard InChI is InChI=1S/C26H34FN5O3/c1-15(31-19(12-28)9-16-10-22(16)31)21(29-25(34)35-26(2,3)4)14-30-13-20-11-23(30)24(33)32(20)18-7-5-17(27)6-8-18/h5-8,16,19-24,33H,1,9-11,13-14H2,2-4H3,(H,29,34)/t16-,19?,20+,21?,22?,23?,24?/m1/s1. The van der Waals surface area contributed by atoms with Crippen molar-refractivity contribution in [2.75, 3.05) is 18.0 Å². The van der Waals surface area contributed by atoms with Crippen molar-refractivity contribution in [2.45, 2.75) is 82.1 Å². The maximum Gasteiger partial charge on any atom is 0.408 e. The van der Waals surface area contributed by atoms with E-state index in [1.54, 1.807) is 12.1 Å². The van der Waals surface area contributed by atoms with Gasteiger partial charge in [0.25, 0.3) is 0 Å². The van der Waals surface area contributed by atoms with E-state index in [1.165, 1.54) is 12.1 Å². The number of nitriles is 1. The van der Waals surface area contributed by atoms with Gasteiger partial charge in [-0.2, -0.15) is 5.26 Å². The summed E-state index contributed by atoms with van der Waals surface area (Å²) in [5, 5.41) is 23.8. The highest BCUT2D eigenvalue weighted by Gasteiger charge is 2.54. The Labute approximate surface area is 205 Å². The molecule has 0 radical (unpaired) electrons. The minimum absolute atomic E-state index is 0.0855. The predicted octanol–water partition coefficient (Wildman–Crippen LogP) is 2.80. The van der Waals surface area contributed by atoms with Gasteiger partial charge in [-0.15, -0.1) is 0 Å². The van der Waals surface area contributed by atoms with Crippen LogP contribution in [0.5, 0.6) is 0 Å². The fourth-order valence-corrected chi connectivity index (χ4v) is 6.09. The topological polar surface area (TPSA) is 92.1 Å². The van der Waals surface area contributed by atoms with Crippen molar-refractivity contribution in [3.05, 3.63) is 42.4 Å². The molecule has 1 aromatic carbocycles. The van der Waals surface area contributed by atoms with E-state index < -0.39 is 24.0 Å². The first kappa shape index (κ1) is 23.9. The molecule has 0 aromatic heterocycles. The monoisotopic (exact) mass is 483 g/mol. The van der Waals surface area contributed by atoms with E-state index >= 15 is 0 Å². The lowest BCUT2D eigenvalue weighted by molar-refractivity contribution is 0.0428. The molecule has 3 saturated heterocycles. The Hall–Kier alpha value is -2.83. The molecule has 4 fully saturated rings. The third kappa shape index (κ3) is 4.57. The third-order valence-electron chi connectivity index (χ3n) is 7.67. The highest BCUT2D eigenvalue weighted by Crippen LogP contribution is 2.49. The zero-order chi connectivity index (χ0) is 25.1. The highest BCUT2D eigenvalue weighted by molar-refractivity contribution is 5.68. The van der Waals surface area contributed by atoms with E-state index in [-0.39, 0.29) is 23.9 Å². The summed E-state index contributed by atoms with van der Waals surface area (Å²) in [6.45, 7) is 10.9. The van der Waals surface area contributed by atoms with Crippen LogP contribution in [-0.2, 0) is 4.74 Å². The number of piperidine rings is 1. The van der Waals surface area contributed by atoms with Gasteiger partial charge in [0.1, 0.15) is 23.7 Å². The lowest BCUT2D eigenvalue weighted by Gasteiger charge is -2.42. The molecule has 2 N–H and O–H groups in total. The number of rotatable bonds is 6. The van der Waals surface area contributed by atoms with Gasteiger partial charge in [0.15, 0.2) is 0 Å². The van der Waals surface area contributed by atoms with E-state index in [0.29, 0.717) is 25.0 Å². The number of aliphatic hydroxyl groups is 1. The van der Waals surface area contributed by atoms with Crippen LogP contribution in [0.2, 0.25) is 0 Å². The highest BCUT2D eigenvalue weighted by atomic mass is 19.1. The van der Waals surface area contributed by atoms with E-state index in [0.717, 1.165) is 30.6 Å². The third-order valence-corrected chi connectivity index (χ3v) is 7.67. The van der Waals surface area contributed by atoms with Gasteiger partial charge in [0, 0.05) is 36.6 Å². The maximum atomic E-state index is 13.4. The van der Waals surface area contributed by atoms with E-state index in [9.17, 15) is 19.6 Å². The van der Waals surface area contributed by atoms with Gasteiger partial charge in [-0.1, -0.05) is 6.58 Å². The van der Waals surface area contributed by atoms with Crippen LogP contribution >= 0.6 is 0 Å². The molecule has 0 spiro atoms. The Morgan fingerprint density at radius 1 is 1.29 bits per heavy atom. The number of nitrogens with zero attached hydrogens (tertiary/aromatic N) is 4. The maximum absolute atomic E-state index is 13.4. The normalized spacial score (nSPS) is 32.2. The summed E-state index contributed by atoms with van der Waals surface area (Å²) < 4.78 is 18.9. The number of benzene rings is 1. The number of aliphatic hydroxyl groups excluding tert-OH is 1. The van der Waals surface area contributed by atoms with Crippen LogP contribution in [0.25, 0.3) is 0 Å². The number of amides is 1. The van der Waals surface area contributed by atoms with Crippen LogP contribution in [0, 0.1) is 23.1 Å². The molecule has 3 heterocycles. The van der Waals surface area contributed by atoms with Crippen molar-refractivity contribution in [3.8, 4) is 6.07 Å². The van der Waals surface area contributed by atoms with E-state index in [2.05, 4.69) is 27.8 Å². The number of piperazine rings is 1. The Morgan fingerprint density at radius 3 is 2.63 bits per heavy atom. The van der Waals surface area contributed by atoms with E-state index in [4.69, 9.17) is 4.74 Å². The molecule has 9 heteroatoms. The second-order valence-electron chi connectivity index (χ2n) is 11.2. The predicted molar refractivity (Wildman–Crippen MR) is 129 cm³/mol. The first-order valence-electron chi connectivity index (χ1n) is 12.4. The average molecular weight is 484 g/mol. The van der Waals surface area contributed by atoms with Gasteiger partial charge in [-0.25, -0.2) is 9.18 Å². The molecule has 35 heavy (non-hydrogen) atoms.